The number of carboxylic acids is 1. The molecule has 1 rings (SSSR count). The second-order valence-electron chi connectivity index (χ2n) is 3.39. The maximum Gasteiger partial charge on any atom is 0.325 e. The Morgan fingerprint density at radius 1 is 1.53 bits per heavy atom. The van der Waals surface area contributed by atoms with Gasteiger partial charge in [-0.15, -0.1) is 0 Å². The zero-order valence-electron chi connectivity index (χ0n) is 8.41. The van der Waals surface area contributed by atoms with Gasteiger partial charge < -0.3 is 15.9 Å². The van der Waals surface area contributed by atoms with Crippen molar-refractivity contribution < 1.29 is 15.0 Å². The van der Waals surface area contributed by atoms with Gasteiger partial charge in [0.2, 0.25) is 0 Å². The molecule has 1 aromatic rings. The molecule has 0 aliphatic carbocycles. The Balaban J connectivity index is 3.38. The molecule has 1 atom stereocenters. The van der Waals surface area contributed by atoms with Crippen LogP contribution in [0.3, 0.4) is 0 Å². The number of halogens is 1. The Labute approximate surface area is 95.8 Å². The summed E-state index contributed by atoms with van der Waals surface area (Å²) in [6.45, 7) is 3.66. The van der Waals surface area contributed by atoms with Crippen LogP contribution in [0.25, 0.3) is 0 Å². The van der Waals surface area contributed by atoms with Crippen molar-refractivity contribution in [1.29, 1.82) is 0 Å². The lowest BCUT2D eigenvalue weighted by Crippen LogP contribution is -2.21. The molecule has 0 saturated carbocycles. The van der Waals surface area contributed by atoms with E-state index in [0.717, 1.165) is 11.1 Å². The lowest BCUT2D eigenvalue weighted by molar-refractivity contribution is -0.138. The van der Waals surface area contributed by atoms with E-state index < -0.39 is 12.0 Å². The molecule has 0 aromatic heterocycles. The molecule has 0 heterocycles. The van der Waals surface area contributed by atoms with Crippen molar-refractivity contribution in [2.24, 2.45) is 5.73 Å². The average Bonchev–Trinajstić information content (AvgIpc) is 2.19. The maximum absolute atomic E-state index is 10.7. The van der Waals surface area contributed by atoms with Gasteiger partial charge in [-0.25, -0.2) is 0 Å². The Bertz CT molecular complexity index is 418. The Kier molecular flexibility index (Phi) is 3.36. The number of benzene rings is 1. The van der Waals surface area contributed by atoms with Gasteiger partial charge in [-0.1, -0.05) is 0 Å². The largest absolute Gasteiger partial charge is 0.506 e. The van der Waals surface area contributed by atoms with Crippen LogP contribution in [-0.2, 0) is 4.79 Å². The molecule has 4 nitrogen and oxygen atoms in total. The van der Waals surface area contributed by atoms with Gasteiger partial charge in [0.1, 0.15) is 11.8 Å². The number of rotatable bonds is 2. The predicted octanol–water partition coefficient (Wildman–Crippen LogP) is 1.86. The summed E-state index contributed by atoms with van der Waals surface area (Å²) >= 11 is 3.20. The van der Waals surface area contributed by atoms with E-state index in [1.165, 1.54) is 0 Å². The fourth-order valence-corrected chi connectivity index (χ4v) is 1.80. The van der Waals surface area contributed by atoms with Crippen molar-refractivity contribution in [3.8, 4) is 5.75 Å². The van der Waals surface area contributed by atoms with Crippen LogP contribution in [0.15, 0.2) is 10.5 Å². The van der Waals surface area contributed by atoms with Crippen molar-refractivity contribution in [2.45, 2.75) is 19.9 Å². The number of aromatic hydroxyl groups is 1. The van der Waals surface area contributed by atoms with Crippen molar-refractivity contribution in [3.05, 3.63) is 27.2 Å². The van der Waals surface area contributed by atoms with E-state index in [0.29, 0.717) is 4.47 Å². The van der Waals surface area contributed by atoms with E-state index in [4.69, 9.17) is 10.8 Å². The summed E-state index contributed by atoms with van der Waals surface area (Å²) in [4.78, 5) is 10.7. The fourth-order valence-electron chi connectivity index (χ4n) is 1.26. The van der Waals surface area contributed by atoms with Gasteiger partial charge in [-0.3, -0.25) is 4.79 Å². The van der Waals surface area contributed by atoms with Gasteiger partial charge >= 0.3 is 5.97 Å². The number of nitrogens with two attached hydrogens (primary N) is 1. The second-order valence-corrected chi connectivity index (χ2v) is 4.18. The van der Waals surface area contributed by atoms with Crippen LogP contribution in [0.1, 0.15) is 22.7 Å². The zero-order valence-corrected chi connectivity index (χ0v) is 10.00. The van der Waals surface area contributed by atoms with Gasteiger partial charge in [0.05, 0.1) is 4.47 Å². The molecule has 4 N–H and O–H groups in total. The minimum Gasteiger partial charge on any atom is -0.506 e. The normalized spacial score (nSPS) is 12.5. The topological polar surface area (TPSA) is 83.6 Å². The number of carboxylic acid groups (broad SMARTS) is 1. The van der Waals surface area contributed by atoms with Crippen LogP contribution in [-0.4, -0.2) is 16.2 Å². The standard InChI is InChI=1S/C10H12BrNO3/c1-4-3-6(8(12)10(14)15)9(13)7(11)5(4)2/h3,8,13H,12H2,1-2H3,(H,14,15). The van der Waals surface area contributed by atoms with E-state index in [2.05, 4.69) is 15.9 Å². The van der Waals surface area contributed by atoms with Crippen LogP contribution in [0.2, 0.25) is 0 Å². The van der Waals surface area contributed by atoms with E-state index in [1.807, 2.05) is 13.8 Å². The van der Waals surface area contributed by atoms with Crippen molar-refractivity contribution in [1.82, 2.24) is 0 Å². The van der Waals surface area contributed by atoms with Gasteiger partial charge in [0.25, 0.3) is 0 Å². The predicted molar refractivity (Wildman–Crippen MR) is 59.8 cm³/mol. The average molecular weight is 274 g/mol. The van der Waals surface area contributed by atoms with Crippen molar-refractivity contribution in [3.63, 3.8) is 0 Å². The molecule has 1 unspecified atom stereocenters. The van der Waals surface area contributed by atoms with Gasteiger partial charge in [-0.05, 0) is 47.0 Å². The van der Waals surface area contributed by atoms with Crippen molar-refractivity contribution >= 4 is 21.9 Å². The first-order valence-electron chi connectivity index (χ1n) is 4.33. The summed E-state index contributed by atoms with van der Waals surface area (Å²) in [6.07, 6.45) is 0. The highest BCUT2D eigenvalue weighted by Crippen LogP contribution is 2.35. The molecule has 15 heavy (non-hydrogen) atoms. The van der Waals surface area contributed by atoms with Gasteiger partial charge in [0, 0.05) is 5.56 Å². The van der Waals surface area contributed by atoms with E-state index >= 15 is 0 Å². The Hall–Kier alpha value is -1.07. The quantitative estimate of drug-likeness (QED) is 0.768. The van der Waals surface area contributed by atoms with Crippen LogP contribution in [0.5, 0.6) is 5.75 Å². The number of carbonyl (C=O) groups is 1. The molecule has 0 bridgehead atoms. The smallest absolute Gasteiger partial charge is 0.325 e. The molecule has 0 saturated heterocycles. The summed E-state index contributed by atoms with van der Waals surface area (Å²) in [5.41, 5.74) is 7.42. The minimum atomic E-state index is -1.21. The highest BCUT2D eigenvalue weighted by molar-refractivity contribution is 9.10. The summed E-state index contributed by atoms with van der Waals surface area (Å²) in [5, 5.41) is 18.5. The van der Waals surface area contributed by atoms with Crippen molar-refractivity contribution in [2.75, 3.05) is 0 Å². The molecule has 82 valence electrons. The number of hydrogen-bond acceptors (Lipinski definition) is 3. The maximum atomic E-state index is 10.7. The zero-order chi connectivity index (χ0) is 11.7. The van der Waals surface area contributed by atoms with Crippen LogP contribution < -0.4 is 5.73 Å². The molecule has 0 fully saturated rings. The fraction of sp³-hybridized carbons (Fsp3) is 0.300. The SMILES string of the molecule is Cc1cc(C(N)C(=O)O)c(O)c(Br)c1C. The minimum absolute atomic E-state index is 0.104. The molecule has 5 heteroatoms. The second kappa shape index (κ2) is 4.20. The number of phenolic OH excluding ortho intramolecular Hbond substituents is 1. The number of phenols is 1. The molecule has 0 radical (unpaired) electrons. The molecule has 0 aliphatic rings. The molecule has 1 aromatic carbocycles. The Morgan fingerprint density at radius 2 is 2.07 bits per heavy atom. The first-order valence-corrected chi connectivity index (χ1v) is 5.12. The number of aryl methyl sites for hydroxylation is 1. The Morgan fingerprint density at radius 3 is 2.53 bits per heavy atom. The molecule has 0 aliphatic heterocycles. The van der Waals surface area contributed by atoms with E-state index in [9.17, 15) is 9.90 Å². The van der Waals surface area contributed by atoms with Crippen LogP contribution in [0, 0.1) is 13.8 Å². The summed E-state index contributed by atoms with van der Waals surface area (Å²) in [7, 11) is 0. The third-order valence-electron chi connectivity index (χ3n) is 2.38. The number of hydrogen-bond donors (Lipinski definition) is 3. The molecule has 0 spiro atoms. The lowest BCUT2D eigenvalue weighted by atomic mass is 10.0. The highest BCUT2D eigenvalue weighted by atomic mass is 79.9. The summed E-state index contributed by atoms with van der Waals surface area (Å²) in [5.74, 6) is -1.27. The van der Waals surface area contributed by atoms with Crippen LogP contribution in [0.4, 0.5) is 0 Å². The highest BCUT2D eigenvalue weighted by Gasteiger charge is 2.21. The first-order chi connectivity index (χ1) is 6.86. The number of aliphatic carboxylic acids is 1. The van der Waals surface area contributed by atoms with E-state index in [-0.39, 0.29) is 11.3 Å². The lowest BCUT2D eigenvalue weighted by Gasteiger charge is -2.14. The first kappa shape index (κ1) is 12.0. The van der Waals surface area contributed by atoms with E-state index in [1.54, 1.807) is 6.07 Å². The molecular weight excluding hydrogens is 262 g/mol. The van der Waals surface area contributed by atoms with Gasteiger partial charge in [0.15, 0.2) is 0 Å². The summed E-state index contributed by atoms with van der Waals surface area (Å²) < 4.78 is 0.495. The molecular formula is C10H12BrNO3. The van der Waals surface area contributed by atoms with Gasteiger partial charge in [-0.2, -0.15) is 0 Å². The third-order valence-corrected chi connectivity index (χ3v) is 3.35. The van der Waals surface area contributed by atoms with Crippen LogP contribution >= 0.6 is 15.9 Å². The monoisotopic (exact) mass is 273 g/mol. The molecule has 0 amide bonds. The summed E-state index contributed by atoms with van der Waals surface area (Å²) in [6, 6.07) is 0.384. The third kappa shape index (κ3) is 2.13.